The Hall–Kier alpha value is -2.22. The number of benzene rings is 2. The Balaban J connectivity index is 2.00. The predicted octanol–water partition coefficient (Wildman–Crippen LogP) is 7.08. The number of hydrogen-bond donors (Lipinski definition) is 0. The molecule has 2 aromatic carbocycles. The highest BCUT2D eigenvalue weighted by molar-refractivity contribution is 6.10. The van der Waals surface area contributed by atoms with Gasteiger partial charge in [-0.3, -0.25) is 9.59 Å². The third-order valence-electron chi connectivity index (χ3n) is 7.31. The van der Waals surface area contributed by atoms with Gasteiger partial charge in [0.1, 0.15) is 0 Å². The van der Waals surface area contributed by atoms with Crippen LogP contribution < -0.4 is 0 Å². The van der Waals surface area contributed by atoms with Crippen molar-refractivity contribution in [2.45, 2.75) is 90.9 Å². The number of ketones is 2. The molecular formula is C28H34O2. The van der Waals surface area contributed by atoms with Gasteiger partial charge >= 0.3 is 0 Å². The molecule has 0 heterocycles. The van der Waals surface area contributed by atoms with E-state index in [0.29, 0.717) is 30.6 Å². The molecule has 0 amide bonds. The van der Waals surface area contributed by atoms with E-state index in [9.17, 15) is 9.59 Å². The van der Waals surface area contributed by atoms with E-state index in [1.54, 1.807) is 0 Å². The molecule has 0 aromatic heterocycles. The van der Waals surface area contributed by atoms with Crippen LogP contribution in [-0.2, 0) is 11.8 Å². The number of carbonyl (C=O) groups is 2. The van der Waals surface area contributed by atoms with E-state index >= 15 is 0 Å². The molecule has 1 atom stereocenters. The van der Waals surface area contributed by atoms with Crippen LogP contribution >= 0.6 is 0 Å². The topological polar surface area (TPSA) is 34.1 Å². The molecule has 1 unspecified atom stereocenters. The molecule has 2 heteroatoms. The SMILES string of the molecule is CCc1cc2c(cc1C(C)C)C(=O)CC21CC(=O)c2cc(C(C)C)c(C(C)C)cc21. The second-order valence-electron chi connectivity index (χ2n) is 10.2. The van der Waals surface area contributed by atoms with Gasteiger partial charge in [-0.05, 0) is 69.7 Å². The number of rotatable bonds is 4. The van der Waals surface area contributed by atoms with Crippen molar-refractivity contribution in [2.24, 2.45) is 0 Å². The lowest BCUT2D eigenvalue weighted by atomic mass is 9.74. The van der Waals surface area contributed by atoms with Crippen molar-refractivity contribution < 1.29 is 9.59 Å². The Morgan fingerprint density at radius 3 is 1.60 bits per heavy atom. The summed E-state index contributed by atoms with van der Waals surface area (Å²) in [6.07, 6.45) is 1.78. The maximum Gasteiger partial charge on any atom is 0.164 e. The summed E-state index contributed by atoms with van der Waals surface area (Å²) in [7, 11) is 0. The Kier molecular flexibility index (Phi) is 5.03. The molecule has 158 valence electrons. The minimum absolute atomic E-state index is 0.189. The summed E-state index contributed by atoms with van der Waals surface area (Å²) in [6, 6.07) is 8.79. The third kappa shape index (κ3) is 2.91. The smallest absolute Gasteiger partial charge is 0.164 e. The first-order valence-corrected chi connectivity index (χ1v) is 11.5. The molecule has 0 aliphatic heterocycles. The van der Waals surface area contributed by atoms with Gasteiger partial charge in [0.25, 0.3) is 0 Å². The molecule has 0 radical (unpaired) electrons. The third-order valence-corrected chi connectivity index (χ3v) is 7.31. The lowest BCUT2D eigenvalue weighted by molar-refractivity contribution is 0.0957. The van der Waals surface area contributed by atoms with Crippen molar-refractivity contribution in [3.8, 4) is 0 Å². The van der Waals surface area contributed by atoms with Crippen molar-refractivity contribution in [1.82, 2.24) is 0 Å². The van der Waals surface area contributed by atoms with E-state index < -0.39 is 5.41 Å². The number of Topliss-reactive ketones (excluding diaryl/α,β-unsaturated/α-hetero) is 2. The van der Waals surface area contributed by atoms with Crippen molar-refractivity contribution in [3.05, 3.63) is 68.8 Å². The van der Waals surface area contributed by atoms with Crippen LogP contribution in [0.5, 0.6) is 0 Å². The zero-order valence-electron chi connectivity index (χ0n) is 19.5. The van der Waals surface area contributed by atoms with Gasteiger partial charge in [0.15, 0.2) is 11.6 Å². The fourth-order valence-electron chi connectivity index (χ4n) is 5.72. The van der Waals surface area contributed by atoms with Crippen LogP contribution in [-0.4, -0.2) is 11.6 Å². The lowest BCUT2D eigenvalue weighted by Gasteiger charge is -2.28. The van der Waals surface area contributed by atoms with Gasteiger partial charge in [-0.15, -0.1) is 0 Å². The monoisotopic (exact) mass is 402 g/mol. The highest BCUT2D eigenvalue weighted by Gasteiger charge is 2.52. The van der Waals surface area contributed by atoms with Crippen LogP contribution in [0.3, 0.4) is 0 Å². The number of hydrogen-bond acceptors (Lipinski definition) is 2. The van der Waals surface area contributed by atoms with Crippen molar-refractivity contribution in [3.63, 3.8) is 0 Å². The summed E-state index contributed by atoms with van der Waals surface area (Å²) in [5, 5.41) is 0. The van der Waals surface area contributed by atoms with Crippen molar-refractivity contribution >= 4 is 11.6 Å². The second-order valence-corrected chi connectivity index (χ2v) is 10.2. The molecule has 2 aliphatic rings. The van der Waals surface area contributed by atoms with Gasteiger partial charge in [-0.2, -0.15) is 0 Å². The number of carbonyl (C=O) groups excluding carboxylic acids is 2. The van der Waals surface area contributed by atoms with Crippen molar-refractivity contribution in [1.29, 1.82) is 0 Å². The van der Waals surface area contributed by atoms with Crippen LogP contribution in [0.2, 0.25) is 0 Å². The number of aryl methyl sites for hydroxylation is 1. The molecule has 0 saturated carbocycles. The standard InChI is InChI=1S/C28H34O2/c1-8-18-9-24-22(10-19(18)15(2)3)26(29)13-28(24)14-27(30)23-11-20(16(4)5)21(17(6)7)12-25(23)28/h9-12,15-17H,8,13-14H2,1-7H3. The molecule has 0 bridgehead atoms. The molecule has 0 fully saturated rings. The van der Waals surface area contributed by atoms with Gasteiger partial charge in [-0.1, -0.05) is 60.6 Å². The van der Waals surface area contributed by atoms with E-state index in [0.717, 1.165) is 28.7 Å². The average molecular weight is 403 g/mol. The van der Waals surface area contributed by atoms with Crippen LogP contribution in [0.15, 0.2) is 24.3 Å². The van der Waals surface area contributed by atoms with Crippen LogP contribution in [0.25, 0.3) is 0 Å². The van der Waals surface area contributed by atoms with E-state index in [2.05, 4.69) is 72.7 Å². The molecule has 2 nitrogen and oxygen atoms in total. The largest absolute Gasteiger partial charge is 0.294 e. The Morgan fingerprint density at radius 2 is 1.13 bits per heavy atom. The number of fused-ring (bicyclic) bond motifs is 4. The summed E-state index contributed by atoms with van der Waals surface area (Å²) < 4.78 is 0. The van der Waals surface area contributed by atoms with Crippen LogP contribution in [0.1, 0.15) is 133 Å². The zero-order chi connectivity index (χ0) is 22.0. The minimum Gasteiger partial charge on any atom is -0.294 e. The maximum absolute atomic E-state index is 13.2. The van der Waals surface area contributed by atoms with Gasteiger partial charge in [0, 0.05) is 29.4 Å². The second kappa shape index (κ2) is 7.18. The summed E-state index contributed by atoms with van der Waals surface area (Å²) in [6.45, 7) is 15.4. The fourth-order valence-corrected chi connectivity index (χ4v) is 5.72. The fraction of sp³-hybridized carbons (Fsp3) is 0.500. The maximum atomic E-state index is 13.2. The quantitative estimate of drug-likeness (QED) is 0.547. The summed E-state index contributed by atoms with van der Waals surface area (Å²) >= 11 is 0. The highest BCUT2D eigenvalue weighted by Crippen LogP contribution is 2.54. The Bertz CT molecular complexity index is 1050. The average Bonchev–Trinajstić information content (AvgIpc) is 3.12. The first-order valence-electron chi connectivity index (χ1n) is 11.5. The normalized spacial score (nSPS) is 20.2. The summed E-state index contributed by atoms with van der Waals surface area (Å²) in [5.74, 6) is 1.51. The minimum atomic E-state index is -0.475. The highest BCUT2D eigenvalue weighted by atomic mass is 16.1. The van der Waals surface area contributed by atoms with Crippen LogP contribution in [0.4, 0.5) is 0 Å². The molecule has 0 N–H and O–H groups in total. The predicted molar refractivity (Wildman–Crippen MR) is 123 cm³/mol. The molecule has 2 aliphatic carbocycles. The molecular weight excluding hydrogens is 368 g/mol. The molecule has 30 heavy (non-hydrogen) atoms. The first-order chi connectivity index (χ1) is 14.1. The molecule has 2 aromatic rings. The van der Waals surface area contributed by atoms with Crippen molar-refractivity contribution in [2.75, 3.05) is 0 Å². The van der Waals surface area contributed by atoms with Gasteiger partial charge < -0.3 is 0 Å². The Morgan fingerprint density at radius 1 is 0.700 bits per heavy atom. The van der Waals surface area contributed by atoms with Gasteiger partial charge in [0.05, 0.1) is 0 Å². The van der Waals surface area contributed by atoms with Gasteiger partial charge in [0.2, 0.25) is 0 Å². The first kappa shape index (κ1) is 21.0. The van der Waals surface area contributed by atoms with E-state index in [4.69, 9.17) is 0 Å². The van der Waals surface area contributed by atoms with E-state index in [1.807, 2.05) is 0 Å². The molecule has 4 rings (SSSR count). The summed E-state index contributed by atoms with van der Waals surface area (Å²) in [5.41, 5.74) is 8.55. The summed E-state index contributed by atoms with van der Waals surface area (Å²) in [4.78, 5) is 26.4. The lowest BCUT2D eigenvalue weighted by Crippen LogP contribution is -2.23. The molecule has 1 spiro atoms. The van der Waals surface area contributed by atoms with E-state index in [-0.39, 0.29) is 11.6 Å². The zero-order valence-corrected chi connectivity index (χ0v) is 19.5. The van der Waals surface area contributed by atoms with Crippen LogP contribution in [0, 0.1) is 0 Å². The Labute approximate surface area is 181 Å². The molecule has 0 saturated heterocycles. The van der Waals surface area contributed by atoms with Gasteiger partial charge in [-0.25, -0.2) is 0 Å². The van der Waals surface area contributed by atoms with E-state index in [1.165, 1.54) is 22.3 Å².